The highest BCUT2D eigenvalue weighted by molar-refractivity contribution is 7.89. The molecule has 1 heterocycles. The van der Waals surface area contributed by atoms with Gasteiger partial charge >= 0.3 is 0 Å². The van der Waals surface area contributed by atoms with Gasteiger partial charge in [-0.05, 0) is 53.9 Å². The van der Waals surface area contributed by atoms with Crippen LogP contribution in [0.25, 0.3) is 0 Å². The minimum atomic E-state index is -3.83. The van der Waals surface area contributed by atoms with E-state index in [1.165, 1.54) is 42.6 Å². The van der Waals surface area contributed by atoms with E-state index in [1.54, 1.807) is 41.8 Å². The highest BCUT2D eigenvalue weighted by atomic mass is 35.5. The van der Waals surface area contributed by atoms with Crippen LogP contribution in [-0.4, -0.2) is 38.1 Å². The van der Waals surface area contributed by atoms with Crippen LogP contribution in [0.2, 0.25) is 5.02 Å². The van der Waals surface area contributed by atoms with Crippen molar-refractivity contribution in [3.8, 4) is 0 Å². The lowest BCUT2D eigenvalue weighted by Gasteiger charge is -2.17. The fourth-order valence-corrected chi connectivity index (χ4v) is 4.42. The smallest absolute Gasteiger partial charge is 0.265 e. The molecule has 156 valence electrons. The Hall–Kier alpha value is -2.72. The van der Waals surface area contributed by atoms with Crippen molar-refractivity contribution in [1.29, 1.82) is 0 Å². The first-order valence-corrected chi connectivity index (χ1v) is 11.4. The number of nitrogens with zero attached hydrogens (tertiary/aromatic N) is 1. The third kappa shape index (κ3) is 5.45. The Balaban J connectivity index is 1.63. The van der Waals surface area contributed by atoms with Crippen molar-refractivity contribution in [3.63, 3.8) is 0 Å². The van der Waals surface area contributed by atoms with Gasteiger partial charge in [0.15, 0.2) is 0 Å². The molecule has 2 amide bonds. The van der Waals surface area contributed by atoms with Crippen molar-refractivity contribution in [1.82, 2.24) is 4.31 Å². The molecule has 7 nitrogen and oxygen atoms in total. The largest absolute Gasteiger partial charge is 0.325 e. The summed E-state index contributed by atoms with van der Waals surface area (Å²) >= 11 is 7.11. The number of carbonyl (C=O) groups excluding carboxylic acids is 2. The van der Waals surface area contributed by atoms with Gasteiger partial charge in [-0.1, -0.05) is 23.7 Å². The summed E-state index contributed by atoms with van der Waals surface area (Å²) in [6.45, 7) is -0.378. The molecule has 0 aliphatic rings. The monoisotopic (exact) mass is 463 g/mol. The Kier molecular flexibility index (Phi) is 6.88. The second-order valence-electron chi connectivity index (χ2n) is 6.28. The van der Waals surface area contributed by atoms with Crippen LogP contribution in [-0.2, 0) is 14.8 Å². The SMILES string of the molecule is CN(CC(=O)Nc1cccc(NC(=O)c2cccs2)c1)S(=O)(=O)c1ccc(Cl)cc1. The highest BCUT2D eigenvalue weighted by Gasteiger charge is 2.23. The Labute approximate surface area is 183 Å². The highest BCUT2D eigenvalue weighted by Crippen LogP contribution is 2.19. The standard InChI is InChI=1S/C20H18ClN3O4S2/c1-24(30(27,28)17-9-7-14(21)8-10-17)13-19(25)22-15-4-2-5-16(12-15)23-20(26)18-6-3-11-29-18/h2-12H,13H2,1H3,(H,22,25)(H,23,26). The quantitative estimate of drug-likeness (QED) is 0.555. The molecule has 0 fully saturated rings. The van der Waals surface area contributed by atoms with Crippen LogP contribution in [0.5, 0.6) is 0 Å². The molecule has 0 bridgehead atoms. The molecule has 10 heteroatoms. The summed E-state index contributed by atoms with van der Waals surface area (Å²) in [6, 6.07) is 15.8. The van der Waals surface area contributed by atoms with Gasteiger partial charge in [-0.3, -0.25) is 9.59 Å². The van der Waals surface area contributed by atoms with Gasteiger partial charge in [0.2, 0.25) is 15.9 Å². The number of thiophene rings is 1. The second kappa shape index (κ2) is 9.40. The molecular formula is C20H18ClN3O4S2. The van der Waals surface area contributed by atoms with Crippen LogP contribution in [0.1, 0.15) is 9.67 Å². The van der Waals surface area contributed by atoms with Gasteiger partial charge in [-0.15, -0.1) is 11.3 Å². The number of anilines is 2. The van der Waals surface area contributed by atoms with E-state index in [2.05, 4.69) is 10.6 Å². The number of nitrogens with one attached hydrogen (secondary N) is 2. The van der Waals surface area contributed by atoms with Crippen LogP contribution in [0.4, 0.5) is 11.4 Å². The first-order chi connectivity index (χ1) is 14.3. The molecule has 2 N–H and O–H groups in total. The maximum atomic E-state index is 12.6. The van der Waals surface area contributed by atoms with Crippen LogP contribution in [0.15, 0.2) is 70.9 Å². The van der Waals surface area contributed by atoms with Crippen molar-refractivity contribution in [2.45, 2.75) is 4.90 Å². The number of amides is 2. The Bertz CT molecular complexity index is 1150. The molecular weight excluding hydrogens is 446 g/mol. The van der Waals surface area contributed by atoms with Gasteiger partial charge in [0.25, 0.3) is 5.91 Å². The topological polar surface area (TPSA) is 95.6 Å². The van der Waals surface area contributed by atoms with Gasteiger partial charge < -0.3 is 10.6 Å². The van der Waals surface area contributed by atoms with E-state index in [4.69, 9.17) is 11.6 Å². The zero-order valence-corrected chi connectivity index (χ0v) is 18.2. The van der Waals surface area contributed by atoms with Gasteiger partial charge in [-0.2, -0.15) is 4.31 Å². The van der Waals surface area contributed by atoms with Crippen molar-refractivity contribution in [2.24, 2.45) is 0 Å². The predicted octanol–water partition coefficient (Wildman–Crippen LogP) is 3.91. The molecule has 0 aliphatic heterocycles. The van der Waals surface area contributed by atoms with Crippen LogP contribution in [0.3, 0.4) is 0 Å². The van der Waals surface area contributed by atoms with Crippen LogP contribution in [0, 0.1) is 0 Å². The number of benzene rings is 2. The lowest BCUT2D eigenvalue weighted by molar-refractivity contribution is -0.116. The van der Waals surface area contributed by atoms with Crippen molar-refractivity contribution >= 4 is 56.2 Å². The predicted molar refractivity (Wildman–Crippen MR) is 119 cm³/mol. The molecule has 0 unspecified atom stereocenters. The molecule has 0 radical (unpaired) electrons. The summed E-state index contributed by atoms with van der Waals surface area (Å²) in [5, 5.41) is 7.61. The number of halogens is 1. The molecule has 0 spiro atoms. The summed E-state index contributed by atoms with van der Waals surface area (Å²) in [7, 11) is -2.51. The third-order valence-electron chi connectivity index (χ3n) is 4.04. The lowest BCUT2D eigenvalue weighted by Crippen LogP contribution is -2.34. The molecule has 1 aromatic heterocycles. The maximum absolute atomic E-state index is 12.6. The molecule has 3 aromatic rings. The van der Waals surface area contributed by atoms with E-state index >= 15 is 0 Å². The molecule has 3 rings (SSSR count). The van der Waals surface area contributed by atoms with Gasteiger partial charge in [-0.25, -0.2) is 8.42 Å². The summed E-state index contributed by atoms with van der Waals surface area (Å²) < 4.78 is 26.1. The number of hydrogen-bond donors (Lipinski definition) is 2. The van der Waals surface area contributed by atoms with E-state index < -0.39 is 15.9 Å². The molecule has 0 saturated heterocycles. The number of hydrogen-bond acceptors (Lipinski definition) is 5. The van der Waals surface area contributed by atoms with Crippen molar-refractivity contribution in [3.05, 3.63) is 75.9 Å². The fourth-order valence-electron chi connectivity index (χ4n) is 2.55. The van der Waals surface area contributed by atoms with Crippen LogP contribution >= 0.6 is 22.9 Å². The van der Waals surface area contributed by atoms with E-state index in [9.17, 15) is 18.0 Å². The van der Waals surface area contributed by atoms with Crippen LogP contribution < -0.4 is 10.6 Å². The average Bonchev–Trinajstić information content (AvgIpc) is 3.23. The van der Waals surface area contributed by atoms with Crippen molar-refractivity contribution < 1.29 is 18.0 Å². The lowest BCUT2D eigenvalue weighted by atomic mass is 10.2. The third-order valence-corrected chi connectivity index (χ3v) is 6.98. The van der Waals surface area contributed by atoms with Gasteiger partial charge in [0.05, 0.1) is 16.3 Å². The zero-order chi connectivity index (χ0) is 21.7. The summed E-state index contributed by atoms with van der Waals surface area (Å²) in [5.74, 6) is -0.765. The first kappa shape index (κ1) is 22.0. The first-order valence-electron chi connectivity index (χ1n) is 8.72. The minimum Gasteiger partial charge on any atom is -0.325 e. The number of rotatable bonds is 7. The fraction of sp³-hybridized carbons (Fsp3) is 0.100. The summed E-state index contributed by atoms with van der Waals surface area (Å²) in [5.41, 5.74) is 0.939. The van der Waals surface area contributed by atoms with Crippen molar-refractivity contribution in [2.75, 3.05) is 24.2 Å². The number of sulfonamides is 1. The van der Waals surface area contributed by atoms with E-state index in [0.29, 0.717) is 21.3 Å². The normalized spacial score (nSPS) is 11.3. The van der Waals surface area contributed by atoms with E-state index in [1.807, 2.05) is 0 Å². The number of carbonyl (C=O) groups is 2. The molecule has 0 aliphatic carbocycles. The van der Waals surface area contributed by atoms with Gasteiger partial charge in [0, 0.05) is 23.4 Å². The molecule has 0 saturated carbocycles. The second-order valence-corrected chi connectivity index (χ2v) is 9.70. The molecule has 2 aromatic carbocycles. The Morgan fingerprint density at radius 3 is 2.30 bits per heavy atom. The maximum Gasteiger partial charge on any atom is 0.265 e. The zero-order valence-electron chi connectivity index (χ0n) is 15.8. The minimum absolute atomic E-state index is 0.0421. The summed E-state index contributed by atoms with van der Waals surface area (Å²) in [6.07, 6.45) is 0. The summed E-state index contributed by atoms with van der Waals surface area (Å²) in [4.78, 5) is 25.1. The van der Waals surface area contributed by atoms with Gasteiger partial charge in [0.1, 0.15) is 0 Å². The average molecular weight is 464 g/mol. The van der Waals surface area contributed by atoms with E-state index in [0.717, 1.165) is 4.31 Å². The molecule has 0 atom stereocenters. The Morgan fingerprint density at radius 2 is 1.67 bits per heavy atom. The van der Waals surface area contributed by atoms with E-state index in [-0.39, 0.29) is 17.3 Å². The molecule has 30 heavy (non-hydrogen) atoms. The number of likely N-dealkylation sites (N-methyl/N-ethyl adjacent to an activating group) is 1. The Morgan fingerprint density at radius 1 is 1.00 bits per heavy atom.